The van der Waals surface area contributed by atoms with Crippen LogP contribution in [-0.4, -0.2) is 47.6 Å². The van der Waals surface area contributed by atoms with E-state index in [9.17, 15) is 19.2 Å². The number of nitriles is 1. The second-order valence-corrected chi connectivity index (χ2v) is 9.26. The van der Waals surface area contributed by atoms with E-state index < -0.39 is 17.8 Å². The molecule has 5 rings (SSSR count). The van der Waals surface area contributed by atoms with Gasteiger partial charge in [0.1, 0.15) is 18.3 Å². The summed E-state index contributed by atoms with van der Waals surface area (Å²) < 4.78 is 19.6. The van der Waals surface area contributed by atoms with E-state index >= 15 is 0 Å². The van der Waals surface area contributed by atoms with Gasteiger partial charge in [0.25, 0.3) is 0 Å². The fraction of sp³-hybridized carbons (Fsp3) is 0.625. The van der Waals surface area contributed by atoms with Crippen molar-refractivity contribution in [2.24, 2.45) is 11.8 Å². The molecule has 0 spiro atoms. The van der Waals surface area contributed by atoms with Crippen molar-refractivity contribution in [3.63, 3.8) is 0 Å². The van der Waals surface area contributed by atoms with Crippen molar-refractivity contribution in [2.75, 3.05) is 13.1 Å². The molecular weight excluding hydrogens is 397 g/mol. The van der Waals surface area contributed by atoms with Gasteiger partial charge in [0.05, 0.1) is 25.1 Å². The summed E-state index contributed by atoms with van der Waals surface area (Å²) in [7, 11) is 0. The van der Waals surface area contributed by atoms with Gasteiger partial charge < -0.3 is 15.0 Å². The second kappa shape index (κ2) is 8.96. The Morgan fingerprint density at radius 2 is 2.00 bits per heavy atom. The number of nitrogens with one attached hydrogen (secondary N) is 1. The summed E-state index contributed by atoms with van der Waals surface area (Å²) in [4.78, 5) is 27.2. The average molecular weight is 428 g/mol. The Labute approximate surface area is 182 Å². The predicted octanol–water partition coefficient (Wildman–Crippen LogP) is 3.29. The highest BCUT2D eigenvalue weighted by Gasteiger charge is 2.52. The molecule has 1 N–H and O–H groups in total. The number of likely N-dealkylation sites (tertiary alicyclic amines) is 1. The summed E-state index contributed by atoms with van der Waals surface area (Å²) in [5.41, 5.74) is 0.473. The largest absolute Gasteiger partial charge is 0.458 e. The molecule has 0 aromatic heterocycles. The molecule has 1 unspecified atom stereocenters. The highest BCUT2D eigenvalue weighted by Crippen LogP contribution is 2.48. The summed E-state index contributed by atoms with van der Waals surface area (Å²) in [5, 5.41) is 12.6. The van der Waals surface area contributed by atoms with Crippen LogP contribution in [0.2, 0.25) is 0 Å². The minimum atomic E-state index is -1.15. The number of alkyl halides is 1. The van der Waals surface area contributed by atoms with Crippen molar-refractivity contribution in [1.82, 2.24) is 10.2 Å². The van der Waals surface area contributed by atoms with Gasteiger partial charge in [0.2, 0.25) is 5.91 Å². The van der Waals surface area contributed by atoms with Gasteiger partial charge in [-0.05, 0) is 50.5 Å². The van der Waals surface area contributed by atoms with Gasteiger partial charge in [0.15, 0.2) is 0 Å². The number of carbonyl (C=O) groups is 2. The van der Waals surface area contributed by atoms with Gasteiger partial charge in [-0.3, -0.25) is 9.59 Å². The predicted molar refractivity (Wildman–Crippen MR) is 112 cm³/mol. The summed E-state index contributed by atoms with van der Waals surface area (Å²) in [6.07, 6.45) is 3.02. The Morgan fingerprint density at radius 1 is 1.29 bits per heavy atom. The first-order valence-electron chi connectivity index (χ1n) is 11.3. The molecule has 31 heavy (non-hydrogen) atoms. The van der Waals surface area contributed by atoms with E-state index in [1.807, 2.05) is 43.3 Å². The van der Waals surface area contributed by atoms with Crippen molar-refractivity contribution < 1.29 is 18.7 Å². The smallest absolute Gasteiger partial charge is 0.311 e. The van der Waals surface area contributed by atoms with Crippen LogP contribution in [-0.2, 0) is 14.3 Å². The van der Waals surface area contributed by atoms with Gasteiger partial charge in [-0.25, -0.2) is 4.39 Å². The van der Waals surface area contributed by atoms with Crippen molar-refractivity contribution in [2.45, 2.75) is 69.3 Å². The lowest BCUT2D eigenvalue weighted by molar-refractivity contribution is -0.162. The molecule has 1 heterocycles. The first kappa shape index (κ1) is 21.8. The van der Waals surface area contributed by atoms with Crippen molar-refractivity contribution >= 4 is 11.9 Å². The number of esters is 1. The lowest BCUT2D eigenvalue weighted by Gasteiger charge is -2.51. The normalized spacial score (nSPS) is 33.0. The van der Waals surface area contributed by atoms with Crippen LogP contribution < -0.4 is 5.32 Å². The zero-order chi connectivity index (χ0) is 22.0. The summed E-state index contributed by atoms with van der Waals surface area (Å²) >= 11 is 0. The van der Waals surface area contributed by atoms with Crippen LogP contribution in [0.25, 0.3) is 0 Å². The van der Waals surface area contributed by atoms with Crippen molar-refractivity contribution in [1.29, 1.82) is 5.26 Å². The number of rotatable bonds is 6. The molecule has 1 aliphatic heterocycles. The van der Waals surface area contributed by atoms with E-state index in [2.05, 4.69) is 5.32 Å². The fourth-order valence-corrected chi connectivity index (χ4v) is 5.54. The Morgan fingerprint density at radius 3 is 2.68 bits per heavy atom. The second-order valence-electron chi connectivity index (χ2n) is 9.26. The van der Waals surface area contributed by atoms with E-state index in [0.29, 0.717) is 5.92 Å². The van der Waals surface area contributed by atoms with Gasteiger partial charge in [-0.1, -0.05) is 30.3 Å². The molecule has 3 aliphatic carbocycles. The number of carbonyl (C=O) groups excluding carboxylic acids is 2. The van der Waals surface area contributed by atoms with Crippen LogP contribution in [0.3, 0.4) is 0 Å². The van der Waals surface area contributed by atoms with Gasteiger partial charge in [-0.2, -0.15) is 5.26 Å². The Kier molecular flexibility index (Phi) is 6.29. The first-order chi connectivity index (χ1) is 14.9. The SMILES string of the molecule is C[C@H](OC(=O)C1CC2CCC1(NCC(=O)N1C[C@@H](F)C[C@H]1C#N)CC2)c1ccccc1. The van der Waals surface area contributed by atoms with Crippen LogP contribution in [0.1, 0.15) is 57.1 Å². The zero-order valence-corrected chi connectivity index (χ0v) is 17.9. The molecule has 1 saturated heterocycles. The molecule has 4 aliphatic rings. The quantitative estimate of drug-likeness (QED) is 0.705. The monoisotopic (exact) mass is 427 g/mol. The van der Waals surface area contributed by atoms with Crippen molar-refractivity contribution in [3.8, 4) is 6.07 Å². The number of hydrogen-bond donors (Lipinski definition) is 1. The summed E-state index contributed by atoms with van der Waals surface area (Å²) in [6, 6.07) is 11.0. The molecule has 2 bridgehead atoms. The molecule has 1 amide bonds. The first-order valence-corrected chi connectivity index (χ1v) is 11.3. The van der Waals surface area contributed by atoms with Crippen molar-refractivity contribution in [3.05, 3.63) is 35.9 Å². The minimum absolute atomic E-state index is 0.00753. The molecule has 6 nitrogen and oxygen atoms in total. The molecule has 7 heteroatoms. The van der Waals surface area contributed by atoms with E-state index in [4.69, 9.17) is 4.74 Å². The minimum Gasteiger partial charge on any atom is -0.458 e. The number of halogens is 1. The zero-order valence-electron chi connectivity index (χ0n) is 17.9. The number of nitrogens with zero attached hydrogens (tertiary/aromatic N) is 2. The van der Waals surface area contributed by atoms with E-state index in [-0.39, 0.29) is 43.4 Å². The van der Waals surface area contributed by atoms with Crippen LogP contribution in [0, 0.1) is 23.2 Å². The molecule has 1 aromatic carbocycles. The highest BCUT2D eigenvalue weighted by molar-refractivity contribution is 5.80. The molecule has 1 aromatic rings. The van der Waals surface area contributed by atoms with E-state index in [1.165, 1.54) is 4.90 Å². The fourth-order valence-electron chi connectivity index (χ4n) is 5.54. The Hall–Kier alpha value is -2.46. The Balaban J connectivity index is 1.43. The number of fused-ring (bicyclic) bond motifs is 3. The highest BCUT2D eigenvalue weighted by atomic mass is 19.1. The number of ether oxygens (including phenoxy) is 1. The molecule has 0 radical (unpaired) electrons. The lowest BCUT2D eigenvalue weighted by Crippen LogP contribution is -2.61. The third kappa shape index (κ3) is 4.45. The van der Waals surface area contributed by atoms with Crippen LogP contribution in [0.4, 0.5) is 4.39 Å². The third-order valence-corrected chi connectivity index (χ3v) is 7.39. The van der Waals surface area contributed by atoms with E-state index in [0.717, 1.165) is 37.7 Å². The van der Waals surface area contributed by atoms with Crippen LogP contribution in [0.15, 0.2) is 30.3 Å². The maximum Gasteiger partial charge on any atom is 0.311 e. The number of benzene rings is 1. The number of amides is 1. The topological polar surface area (TPSA) is 82.4 Å². The maximum absolute atomic E-state index is 13.7. The summed E-state index contributed by atoms with van der Waals surface area (Å²) in [6.45, 7) is 1.85. The van der Waals surface area contributed by atoms with Crippen LogP contribution in [0.5, 0.6) is 0 Å². The Bertz CT molecular complexity index is 847. The molecule has 3 saturated carbocycles. The van der Waals surface area contributed by atoms with Gasteiger partial charge >= 0.3 is 5.97 Å². The average Bonchev–Trinajstić information content (AvgIpc) is 3.19. The molecule has 4 atom stereocenters. The van der Waals surface area contributed by atoms with Gasteiger partial charge in [0, 0.05) is 12.0 Å². The molecular formula is C24H30FN3O3. The van der Waals surface area contributed by atoms with Crippen LogP contribution >= 0.6 is 0 Å². The maximum atomic E-state index is 13.7. The van der Waals surface area contributed by atoms with Gasteiger partial charge in [-0.15, -0.1) is 0 Å². The standard InChI is InChI=1S/C24H30FN3O3/c1-16(18-5-3-2-4-6-18)31-23(30)21-11-17-7-9-24(21,10-8-17)27-14-22(29)28-15-19(25)12-20(28)13-26/h2-6,16-17,19-21,27H,7-12,14-15H2,1H3/t16-,17?,19-,20-,21?,24?/m0/s1. The van der Waals surface area contributed by atoms with E-state index in [1.54, 1.807) is 0 Å². The third-order valence-electron chi connectivity index (χ3n) is 7.39. The lowest BCUT2D eigenvalue weighted by atomic mass is 9.59. The molecule has 166 valence electrons. The summed E-state index contributed by atoms with van der Waals surface area (Å²) in [5.74, 6) is -0.296. The number of hydrogen-bond acceptors (Lipinski definition) is 5. The molecule has 4 fully saturated rings.